The molecule has 22 heavy (non-hydrogen) atoms. The first-order valence-corrected chi connectivity index (χ1v) is 8.81. The first-order valence-electron chi connectivity index (χ1n) is 7.32. The van der Waals surface area contributed by atoms with Crippen LogP contribution in [0.15, 0.2) is 47.4 Å². The van der Waals surface area contributed by atoms with Gasteiger partial charge in [0.15, 0.2) is 0 Å². The average molecular weight is 320 g/mol. The quantitative estimate of drug-likeness (QED) is 0.899. The van der Waals surface area contributed by atoms with Crippen LogP contribution in [0.1, 0.15) is 39.7 Å². The number of nitrogens with two attached hydrogens (primary N) is 1. The van der Waals surface area contributed by atoms with Gasteiger partial charge < -0.3 is 5.73 Å². The Balaban J connectivity index is 2.58. The largest absolute Gasteiger partial charge is 0.321 e. The first-order chi connectivity index (χ1) is 10.0. The van der Waals surface area contributed by atoms with Gasteiger partial charge in [0, 0.05) is 11.1 Å². The van der Waals surface area contributed by atoms with Gasteiger partial charge in [-0.05, 0) is 51.3 Å². The first kappa shape index (κ1) is 16.9. The van der Waals surface area contributed by atoms with Crippen molar-refractivity contribution in [2.24, 2.45) is 5.73 Å². The van der Waals surface area contributed by atoms with Crippen LogP contribution in [-0.2, 0) is 10.0 Å². The second-order valence-corrected chi connectivity index (χ2v) is 8.63. The molecule has 0 amide bonds. The Labute approximate surface area is 133 Å². The fraction of sp³-hybridized carbons (Fsp3) is 0.412. The highest BCUT2D eigenvalue weighted by atomic mass is 32.2. The second-order valence-electron chi connectivity index (χ2n) is 6.98. The van der Waals surface area contributed by atoms with Crippen molar-refractivity contribution >= 4 is 15.6 Å². The summed E-state index contributed by atoms with van der Waals surface area (Å²) in [6.45, 7) is 7.39. The van der Waals surface area contributed by atoms with E-state index in [4.69, 9.17) is 5.73 Å². The van der Waals surface area contributed by atoms with E-state index in [2.05, 4.69) is 4.72 Å². The number of nitrogens with one attached hydrogen (secondary N) is 1. The lowest BCUT2D eigenvalue weighted by Gasteiger charge is -2.31. The van der Waals surface area contributed by atoms with Crippen molar-refractivity contribution in [3.8, 4) is 0 Å². The van der Waals surface area contributed by atoms with Crippen molar-refractivity contribution in [3.63, 3.8) is 0 Å². The van der Waals surface area contributed by atoms with Crippen LogP contribution in [0, 0.1) is 0 Å². The van der Waals surface area contributed by atoms with Crippen LogP contribution in [0.5, 0.6) is 0 Å². The summed E-state index contributed by atoms with van der Waals surface area (Å²) >= 11 is 0. The number of benzene rings is 1. The molecular weight excluding hydrogens is 296 g/mol. The molecule has 5 heteroatoms. The molecule has 1 aromatic carbocycles. The summed E-state index contributed by atoms with van der Waals surface area (Å²) in [6.07, 6.45) is 6.49. The molecule has 0 radical (unpaired) electrons. The molecule has 2 rings (SSSR count). The number of hydrogen-bond donors (Lipinski definition) is 2. The van der Waals surface area contributed by atoms with Gasteiger partial charge >= 0.3 is 0 Å². The molecule has 0 aromatic heterocycles. The Kier molecular flexibility index (Phi) is 4.35. The normalized spacial score (nSPS) is 22.5. The molecule has 0 saturated carbocycles. The Morgan fingerprint density at radius 3 is 2.45 bits per heavy atom. The Hall–Kier alpha value is -1.43. The molecule has 1 unspecified atom stereocenters. The number of hydrogen-bond acceptors (Lipinski definition) is 3. The minimum atomic E-state index is -3.62. The fourth-order valence-corrected chi connectivity index (χ4v) is 4.20. The highest BCUT2D eigenvalue weighted by Gasteiger charge is 2.31. The van der Waals surface area contributed by atoms with E-state index in [1.807, 2.05) is 58.1 Å². The van der Waals surface area contributed by atoms with E-state index in [-0.39, 0.29) is 4.90 Å². The van der Waals surface area contributed by atoms with E-state index in [1.165, 1.54) is 0 Å². The summed E-state index contributed by atoms with van der Waals surface area (Å²) in [5, 5.41) is 0. The molecule has 1 aliphatic rings. The van der Waals surface area contributed by atoms with E-state index in [9.17, 15) is 8.42 Å². The summed E-state index contributed by atoms with van der Waals surface area (Å²) < 4.78 is 28.2. The predicted molar refractivity (Wildman–Crippen MR) is 90.8 cm³/mol. The van der Waals surface area contributed by atoms with Crippen molar-refractivity contribution in [2.45, 2.75) is 50.1 Å². The van der Waals surface area contributed by atoms with Crippen LogP contribution in [0.4, 0.5) is 0 Å². The Morgan fingerprint density at radius 1 is 1.23 bits per heavy atom. The lowest BCUT2D eigenvalue weighted by atomic mass is 9.82. The third-order valence-corrected chi connectivity index (χ3v) is 5.28. The van der Waals surface area contributed by atoms with Gasteiger partial charge in [-0.25, -0.2) is 13.1 Å². The van der Waals surface area contributed by atoms with Crippen molar-refractivity contribution in [2.75, 3.05) is 0 Å². The Bertz CT molecular complexity index is 723. The monoisotopic (exact) mass is 320 g/mol. The number of allylic oxidation sites excluding steroid dienone is 2. The van der Waals surface area contributed by atoms with Crippen molar-refractivity contribution < 1.29 is 8.42 Å². The molecule has 3 N–H and O–H groups in total. The molecule has 0 saturated heterocycles. The molecule has 0 heterocycles. The molecular formula is C17H24N2O2S. The zero-order valence-corrected chi connectivity index (χ0v) is 14.4. The van der Waals surface area contributed by atoms with Gasteiger partial charge in [0.2, 0.25) is 10.0 Å². The molecule has 1 atom stereocenters. The minimum Gasteiger partial charge on any atom is -0.321 e. The summed E-state index contributed by atoms with van der Waals surface area (Å²) in [6, 6.07) is 7.00. The van der Waals surface area contributed by atoms with E-state index >= 15 is 0 Å². The maximum Gasteiger partial charge on any atom is 0.241 e. The summed E-state index contributed by atoms with van der Waals surface area (Å²) in [4.78, 5) is 0.267. The van der Waals surface area contributed by atoms with Crippen LogP contribution in [0.25, 0.3) is 5.57 Å². The third-order valence-electron chi connectivity index (χ3n) is 3.46. The standard InChI is InChI=1S/C17H24N2O2S/c1-16(2,3)19-22(20,21)15-11-6-5-9-13(15)14-10-7-8-12-17(14,4)18/h5-11,19H,12,18H2,1-4H3. The van der Waals surface area contributed by atoms with Gasteiger partial charge in [0.05, 0.1) is 4.90 Å². The SMILES string of the molecule is CC(C)(C)NS(=O)(=O)c1ccccc1C1=CC=CCC1(C)N. The minimum absolute atomic E-state index is 0.267. The summed E-state index contributed by atoms with van der Waals surface area (Å²) in [5.41, 5.74) is 6.73. The van der Waals surface area contributed by atoms with Crippen LogP contribution < -0.4 is 10.5 Å². The topological polar surface area (TPSA) is 72.2 Å². The van der Waals surface area contributed by atoms with E-state index in [0.29, 0.717) is 12.0 Å². The molecule has 1 aliphatic carbocycles. The van der Waals surface area contributed by atoms with Gasteiger partial charge in [0.1, 0.15) is 0 Å². The maximum atomic E-state index is 12.7. The van der Waals surface area contributed by atoms with Crippen LogP contribution in [-0.4, -0.2) is 19.5 Å². The third kappa shape index (κ3) is 3.66. The summed E-state index contributed by atoms with van der Waals surface area (Å²) in [7, 11) is -3.62. The molecule has 0 bridgehead atoms. The molecule has 0 aliphatic heterocycles. The van der Waals surface area contributed by atoms with Gasteiger partial charge in [0.25, 0.3) is 0 Å². The smallest absolute Gasteiger partial charge is 0.241 e. The summed E-state index contributed by atoms with van der Waals surface area (Å²) in [5.74, 6) is 0. The van der Waals surface area contributed by atoms with Crippen molar-refractivity contribution in [1.82, 2.24) is 4.72 Å². The molecule has 1 aromatic rings. The highest BCUT2D eigenvalue weighted by molar-refractivity contribution is 7.89. The fourth-order valence-electron chi connectivity index (χ4n) is 2.56. The van der Waals surface area contributed by atoms with Gasteiger partial charge in [-0.2, -0.15) is 0 Å². The molecule has 120 valence electrons. The molecule has 0 fully saturated rings. The highest BCUT2D eigenvalue weighted by Crippen LogP contribution is 2.34. The van der Waals surface area contributed by atoms with Crippen LogP contribution in [0.2, 0.25) is 0 Å². The predicted octanol–water partition coefficient (Wildman–Crippen LogP) is 2.82. The van der Waals surface area contributed by atoms with Crippen molar-refractivity contribution in [1.29, 1.82) is 0 Å². The van der Waals surface area contributed by atoms with Gasteiger partial charge in [-0.3, -0.25) is 0 Å². The zero-order chi connectivity index (χ0) is 16.6. The van der Waals surface area contributed by atoms with Gasteiger partial charge in [-0.15, -0.1) is 0 Å². The number of sulfonamides is 1. The Morgan fingerprint density at radius 2 is 1.86 bits per heavy atom. The lowest BCUT2D eigenvalue weighted by molar-refractivity contribution is 0.491. The van der Waals surface area contributed by atoms with E-state index < -0.39 is 21.1 Å². The van der Waals surface area contributed by atoms with Crippen LogP contribution in [0.3, 0.4) is 0 Å². The average Bonchev–Trinajstić information content (AvgIpc) is 2.35. The number of rotatable bonds is 3. The molecule has 4 nitrogen and oxygen atoms in total. The van der Waals surface area contributed by atoms with E-state index in [1.54, 1.807) is 12.1 Å². The van der Waals surface area contributed by atoms with Gasteiger partial charge in [-0.1, -0.05) is 36.4 Å². The van der Waals surface area contributed by atoms with E-state index in [0.717, 1.165) is 5.57 Å². The lowest BCUT2D eigenvalue weighted by Crippen LogP contribution is -2.42. The second kappa shape index (κ2) is 5.65. The van der Waals surface area contributed by atoms with Crippen molar-refractivity contribution in [3.05, 3.63) is 48.1 Å². The zero-order valence-electron chi connectivity index (χ0n) is 13.6. The molecule has 0 spiro atoms. The maximum absolute atomic E-state index is 12.7. The van der Waals surface area contributed by atoms with Crippen LogP contribution >= 0.6 is 0 Å².